The molecule has 7 heteroatoms. The zero-order valence-electron chi connectivity index (χ0n) is 11.4. The van der Waals surface area contributed by atoms with Crippen LogP contribution in [-0.2, 0) is 6.54 Å². The van der Waals surface area contributed by atoms with Crippen molar-refractivity contribution in [3.63, 3.8) is 0 Å². The molecule has 3 rings (SSSR count). The maximum atomic E-state index is 12.5. The van der Waals surface area contributed by atoms with E-state index < -0.39 is 0 Å². The number of hydrogen-bond acceptors (Lipinski definition) is 3. The van der Waals surface area contributed by atoms with Gasteiger partial charge in [0.15, 0.2) is 0 Å². The predicted octanol–water partition coefficient (Wildman–Crippen LogP) is 3.22. The number of nitrogens with one attached hydrogen (secondary N) is 1. The first-order chi connectivity index (χ1) is 10.0. The van der Waals surface area contributed by atoms with Crippen LogP contribution in [0.25, 0.3) is 0 Å². The van der Waals surface area contributed by atoms with Gasteiger partial charge in [0.1, 0.15) is 5.82 Å². The zero-order valence-corrected chi connectivity index (χ0v) is 12.9. The lowest BCUT2D eigenvalue weighted by Crippen LogP contribution is -2.33. The summed E-state index contributed by atoms with van der Waals surface area (Å²) in [5.74, 6) is 0.677. The molecule has 0 atom stereocenters. The monoisotopic (exact) mass is 324 g/mol. The van der Waals surface area contributed by atoms with Crippen molar-refractivity contribution in [2.75, 3.05) is 0 Å². The Labute approximate surface area is 132 Å². The smallest absolute Gasteiger partial charge is 0.294 e. The molecule has 0 radical (unpaired) electrons. The molecule has 1 N–H and O–H groups in total. The third-order valence-corrected chi connectivity index (χ3v) is 4.11. The Balaban J connectivity index is 1.81. The maximum absolute atomic E-state index is 12.5. The number of amides is 1. The molecular formula is C14H14Cl2N4O. The summed E-state index contributed by atoms with van der Waals surface area (Å²) in [6, 6.07) is 5.66. The van der Waals surface area contributed by atoms with Crippen molar-refractivity contribution >= 4 is 29.1 Å². The third kappa shape index (κ3) is 3.19. The van der Waals surface area contributed by atoms with E-state index in [1.54, 1.807) is 24.0 Å². The topological polar surface area (TPSA) is 61.9 Å². The Hall–Kier alpha value is -1.59. The van der Waals surface area contributed by atoms with Gasteiger partial charge in [-0.3, -0.25) is 9.89 Å². The van der Waals surface area contributed by atoms with Gasteiger partial charge in [-0.1, -0.05) is 29.3 Å². The number of aromatic nitrogens is 3. The molecule has 1 aliphatic rings. The molecule has 1 fully saturated rings. The van der Waals surface area contributed by atoms with Crippen molar-refractivity contribution in [1.29, 1.82) is 0 Å². The van der Waals surface area contributed by atoms with E-state index in [4.69, 9.17) is 23.2 Å². The molecule has 1 saturated carbocycles. The highest BCUT2D eigenvalue weighted by molar-refractivity contribution is 6.42. The number of aryl methyl sites for hydroxylation is 1. The van der Waals surface area contributed by atoms with Gasteiger partial charge in [-0.25, -0.2) is 4.98 Å². The van der Waals surface area contributed by atoms with Crippen molar-refractivity contribution in [3.8, 4) is 0 Å². The van der Waals surface area contributed by atoms with Gasteiger partial charge in [0.05, 0.1) is 10.0 Å². The minimum absolute atomic E-state index is 0.159. The molecule has 21 heavy (non-hydrogen) atoms. The summed E-state index contributed by atoms with van der Waals surface area (Å²) >= 11 is 11.9. The Morgan fingerprint density at radius 3 is 2.71 bits per heavy atom. The summed E-state index contributed by atoms with van der Waals surface area (Å²) in [7, 11) is 0. The van der Waals surface area contributed by atoms with Crippen LogP contribution in [0, 0.1) is 6.92 Å². The van der Waals surface area contributed by atoms with Crippen molar-refractivity contribution in [2.24, 2.45) is 0 Å². The van der Waals surface area contributed by atoms with E-state index >= 15 is 0 Å². The first-order valence-corrected chi connectivity index (χ1v) is 7.44. The highest BCUT2D eigenvalue weighted by Crippen LogP contribution is 2.30. The number of halogens is 2. The molecule has 0 aliphatic heterocycles. The lowest BCUT2D eigenvalue weighted by molar-refractivity contribution is 0.0718. The van der Waals surface area contributed by atoms with Crippen LogP contribution in [-0.4, -0.2) is 32.0 Å². The average Bonchev–Trinajstić information content (AvgIpc) is 3.20. The number of nitrogens with zero attached hydrogens (tertiary/aromatic N) is 3. The summed E-state index contributed by atoms with van der Waals surface area (Å²) in [5.41, 5.74) is 0.942. The standard InChI is InChI=1S/C14H14Cl2N4O/c1-8-17-13(19-18-8)14(21)20(10-3-4-10)7-9-2-5-11(15)12(16)6-9/h2,5-6,10H,3-4,7H2,1H3,(H,17,18,19). The van der Waals surface area contributed by atoms with Crippen LogP contribution in [0.3, 0.4) is 0 Å². The fourth-order valence-corrected chi connectivity index (χ4v) is 2.48. The fourth-order valence-electron chi connectivity index (χ4n) is 2.15. The van der Waals surface area contributed by atoms with Gasteiger partial charge in [-0.05, 0) is 37.5 Å². The summed E-state index contributed by atoms with van der Waals surface area (Å²) in [6.07, 6.45) is 2.02. The number of carbonyl (C=O) groups is 1. The van der Waals surface area contributed by atoms with Gasteiger partial charge >= 0.3 is 0 Å². The van der Waals surface area contributed by atoms with Crippen molar-refractivity contribution in [1.82, 2.24) is 20.1 Å². The Bertz CT molecular complexity index is 681. The normalized spacial score (nSPS) is 14.2. The summed E-state index contributed by atoms with van der Waals surface area (Å²) in [6.45, 7) is 2.25. The van der Waals surface area contributed by atoms with Gasteiger partial charge in [0, 0.05) is 12.6 Å². The molecule has 0 bridgehead atoms. The molecule has 0 unspecified atom stereocenters. The second-order valence-corrected chi connectivity index (χ2v) is 5.97. The Morgan fingerprint density at radius 2 is 2.14 bits per heavy atom. The van der Waals surface area contributed by atoms with Gasteiger partial charge in [-0.15, -0.1) is 5.10 Å². The number of rotatable bonds is 4. The van der Waals surface area contributed by atoms with Crippen molar-refractivity contribution in [3.05, 3.63) is 45.5 Å². The number of aromatic amines is 1. The quantitative estimate of drug-likeness (QED) is 0.939. The molecule has 0 spiro atoms. The van der Waals surface area contributed by atoms with E-state index in [1.165, 1.54) is 0 Å². The Morgan fingerprint density at radius 1 is 1.38 bits per heavy atom. The van der Waals surface area contributed by atoms with Gasteiger partial charge in [0.25, 0.3) is 5.91 Å². The maximum Gasteiger partial charge on any atom is 0.294 e. The third-order valence-electron chi connectivity index (χ3n) is 3.37. The molecule has 110 valence electrons. The lowest BCUT2D eigenvalue weighted by Gasteiger charge is -2.21. The van der Waals surface area contributed by atoms with E-state index in [1.807, 2.05) is 6.07 Å². The molecular weight excluding hydrogens is 311 g/mol. The van der Waals surface area contributed by atoms with Crippen LogP contribution in [0.1, 0.15) is 34.8 Å². The molecule has 0 saturated heterocycles. The lowest BCUT2D eigenvalue weighted by atomic mass is 10.2. The molecule has 1 amide bonds. The number of carbonyl (C=O) groups excluding carboxylic acids is 1. The zero-order chi connectivity index (χ0) is 15.0. The molecule has 2 aromatic rings. The van der Waals surface area contributed by atoms with E-state index in [9.17, 15) is 4.79 Å². The summed E-state index contributed by atoms with van der Waals surface area (Å²) < 4.78 is 0. The SMILES string of the molecule is Cc1nc(C(=O)N(Cc2ccc(Cl)c(Cl)c2)C2CC2)n[nH]1. The first kappa shape index (κ1) is 14.4. The molecule has 1 aromatic carbocycles. The van der Waals surface area contributed by atoms with Crippen molar-refractivity contribution < 1.29 is 4.79 Å². The van der Waals surface area contributed by atoms with Gasteiger partial charge < -0.3 is 4.90 Å². The number of hydrogen-bond donors (Lipinski definition) is 1. The van der Waals surface area contributed by atoms with Crippen LogP contribution < -0.4 is 0 Å². The minimum atomic E-state index is -0.159. The van der Waals surface area contributed by atoms with Gasteiger partial charge in [-0.2, -0.15) is 0 Å². The van der Waals surface area contributed by atoms with E-state index in [0.717, 1.165) is 18.4 Å². The molecule has 1 aliphatic carbocycles. The molecule has 1 aromatic heterocycles. The second-order valence-electron chi connectivity index (χ2n) is 5.16. The highest BCUT2D eigenvalue weighted by atomic mass is 35.5. The largest absolute Gasteiger partial charge is 0.329 e. The molecule has 1 heterocycles. The van der Waals surface area contributed by atoms with Crippen molar-refractivity contribution in [2.45, 2.75) is 32.4 Å². The van der Waals surface area contributed by atoms with Gasteiger partial charge in [0.2, 0.25) is 5.82 Å². The van der Waals surface area contributed by atoms with E-state index in [-0.39, 0.29) is 17.8 Å². The fraction of sp³-hybridized carbons (Fsp3) is 0.357. The predicted molar refractivity (Wildman–Crippen MR) is 80.5 cm³/mol. The van der Waals surface area contributed by atoms with Crippen LogP contribution >= 0.6 is 23.2 Å². The van der Waals surface area contributed by atoms with Crippen LogP contribution in [0.2, 0.25) is 10.0 Å². The minimum Gasteiger partial charge on any atom is -0.329 e. The number of H-pyrrole nitrogens is 1. The average molecular weight is 325 g/mol. The molecule has 5 nitrogen and oxygen atoms in total. The van der Waals surface area contributed by atoms with Crippen LogP contribution in [0.4, 0.5) is 0 Å². The Kier molecular flexibility index (Phi) is 3.87. The van der Waals surface area contributed by atoms with E-state index in [0.29, 0.717) is 22.4 Å². The summed E-state index contributed by atoms with van der Waals surface area (Å²) in [5, 5.41) is 7.64. The van der Waals surface area contributed by atoms with Crippen LogP contribution in [0.5, 0.6) is 0 Å². The highest BCUT2D eigenvalue weighted by Gasteiger charge is 2.34. The summed E-state index contributed by atoms with van der Waals surface area (Å²) in [4.78, 5) is 18.4. The van der Waals surface area contributed by atoms with Crippen LogP contribution in [0.15, 0.2) is 18.2 Å². The van der Waals surface area contributed by atoms with E-state index in [2.05, 4.69) is 15.2 Å². The second kappa shape index (κ2) is 5.66. The number of benzene rings is 1. The first-order valence-electron chi connectivity index (χ1n) is 6.68.